The van der Waals surface area contributed by atoms with Crippen LogP contribution in [0.4, 0.5) is 8.78 Å². The molecule has 1 aromatic rings. The molecular formula is C18H23F2NO2. The molecule has 2 saturated heterocycles. The van der Waals surface area contributed by atoms with Crippen molar-refractivity contribution in [2.75, 3.05) is 6.61 Å². The Kier molecular flexibility index (Phi) is 4.67. The van der Waals surface area contributed by atoms with Gasteiger partial charge in [0.25, 0.3) is 0 Å². The highest BCUT2D eigenvalue weighted by Crippen LogP contribution is 2.46. The third kappa shape index (κ3) is 2.75. The normalized spacial score (nSPS) is 35.0. The molecule has 126 valence electrons. The number of rotatable bonds is 4. The summed E-state index contributed by atoms with van der Waals surface area (Å²) >= 11 is 0. The van der Waals surface area contributed by atoms with Crippen molar-refractivity contribution in [2.45, 2.75) is 57.2 Å². The number of halogens is 2. The molecular weight excluding hydrogens is 300 g/mol. The van der Waals surface area contributed by atoms with Crippen LogP contribution in [0, 0.1) is 5.92 Å². The van der Waals surface area contributed by atoms with Crippen LogP contribution in [0.2, 0.25) is 0 Å². The molecule has 0 N–H and O–H groups in total. The largest absolute Gasteiger partial charge is 0.465 e. The van der Waals surface area contributed by atoms with Gasteiger partial charge >= 0.3 is 5.97 Å². The van der Waals surface area contributed by atoms with Gasteiger partial charge in [0.1, 0.15) is 18.4 Å². The molecule has 3 aliphatic rings. The second-order valence-electron chi connectivity index (χ2n) is 6.43. The van der Waals surface area contributed by atoms with Crippen molar-refractivity contribution in [3.05, 3.63) is 35.9 Å². The van der Waals surface area contributed by atoms with Gasteiger partial charge in [-0.2, -0.15) is 0 Å². The number of carbonyl (C=O) groups excluding carboxylic acids is 1. The Morgan fingerprint density at radius 1 is 1.26 bits per heavy atom. The molecule has 1 aromatic carbocycles. The van der Waals surface area contributed by atoms with Crippen LogP contribution < -0.4 is 0 Å². The number of benzene rings is 1. The molecule has 0 spiro atoms. The van der Waals surface area contributed by atoms with Gasteiger partial charge in [0.05, 0.1) is 6.61 Å². The van der Waals surface area contributed by atoms with E-state index in [4.69, 9.17) is 4.74 Å². The summed E-state index contributed by atoms with van der Waals surface area (Å²) in [4.78, 5) is 14.3. The lowest BCUT2D eigenvalue weighted by Crippen LogP contribution is -2.67. The first-order chi connectivity index (χ1) is 11.1. The zero-order chi connectivity index (χ0) is 16.6. The molecule has 3 nitrogen and oxygen atoms in total. The summed E-state index contributed by atoms with van der Waals surface area (Å²) in [6.45, 7) is 3.92. The van der Waals surface area contributed by atoms with E-state index in [0.717, 1.165) is 5.56 Å². The minimum Gasteiger partial charge on any atom is -0.465 e. The Morgan fingerprint density at radius 2 is 1.96 bits per heavy atom. The number of nitrogens with zero attached hydrogens (tertiary/aromatic N) is 1. The van der Waals surface area contributed by atoms with Gasteiger partial charge in [-0.05, 0) is 32.3 Å². The lowest BCUT2D eigenvalue weighted by molar-refractivity contribution is -0.176. The summed E-state index contributed by atoms with van der Waals surface area (Å²) in [7, 11) is 0. The molecule has 6 atom stereocenters. The molecule has 0 aromatic heterocycles. The fraction of sp³-hybridized carbons (Fsp3) is 0.611. The van der Waals surface area contributed by atoms with Crippen molar-refractivity contribution in [3.8, 4) is 0 Å². The highest BCUT2D eigenvalue weighted by molar-refractivity contribution is 5.77. The monoisotopic (exact) mass is 323 g/mol. The standard InChI is InChI=1S/C18H23F2NO2/c1-3-23-18(22)17-13-9-10-14(16(20)15(13)19)21(17)11(2)12-7-5-4-6-8-12/h4-8,11,13-17H,3,9-10H2,1-2H3/t11-,13+,14+,15-,16+,17+/m0/s1. The van der Waals surface area contributed by atoms with E-state index >= 15 is 0 Å². The van der Waals surface area contributed by atoms with Crippen molar-refractivity contribution in [3.63, 3.8) is 0 Å². The zero-order valence-electron chi connectivity index (χ0n) is 13.5. The highest BCUT2D eigenvalue weighted by atomic mass is 19.2. The first-order valence-electron chi connectivity index (χ1n) is 8.33. The lowest BCUT2D eigenvalue weighted by Gasteiger charge is -2.55. The summed E-state index contributed by atoms with van der Waals surface area (Å²) in [6, 6.07) is 8.22. The van der Waals surface area contributed by atoms with Crippen LogP contribution in [0.1, 0.15) is 38.3 Å². The predicted octanol–water partition coefficient (Wildman–Crippen LogP) is 3.45. The molecule has 5 heteroatoms. The Labute approximate surface area is 135 Å². The third-order valence-electron chi connectivity index (χ3n) is 5.24. The van der Waals surface area contributed by atoms with Gasteiger partial charge in [0.15, 0.2) is 0 Å². The summed E-state index contributed by atoms with van der Waals surface area (Å²) in [5.74, 6) is -1.06. The number of esters is 1. The minimum absolute atomic E-state index is 0.163. The molecule has 0 unspecified atom stereocenters. The van der Waals surface area contributed by atoms with E-state index in [1.54, 1.807) is 6.92 Å². The topological polar surface area (TPSA) is 29.5 Å². The van der Waals surface area contributed by atoms with E-state index in [1.807, 2.05) is 42.2 Å². The smallest absolute Gasteiger partial charge is 0.323 e. The van der Waals surface area contributed by atoms with E-state index in [-0.39, 0.29) is 12.6 Å². The predicted molar refractivity (Wildman–Crippen MR) is 83.4 cm³/mol. The van der Waals surface area contributed by atoms with Crippen molar-refractivity contribution in [2.24, 2.45) is 5.92 Å². The number of fused-ring (bicyclic) bond motifs is 3. The first-order valence-corrected chi connectivity index (χ1v) is 8.33. The van der Waals surface area contributed by atoms with Gasteiger partial charge in [0.2, 0.25) is 0 Å². The van der Waals surface area contributed by atoms with Gasteiger partial charge < -0.3 is 4.74 Å². The van der Waals surface area contributed by atoms with Crippen molar-refractivity contribution in [1.29, 1.82) is 0 Å². The number of hydrogen-bond acceptors (Lipinski definition) is 3. The van der Waals surface area contributed by atoms with Gasteiger partial charge in [-0.15, -0.1) is 0 Å². The van der Waals surface area contributed by atoms with Gasteiger partial charge in [-0.1, -0.05) is 30.3 Å². The summed E-state index contributed by atoms with van der Waals surface area (Å²) < 4.78 is 34.0. The molecule has 0 radical (unpaired) electrons. The maximum Gasteiger partial charge on any atom is 0.323 e. The Morgan fingerprint density at radius 3 is 2.61 bits per heavy atom. The maximum absolute atomic E-state index is 14.5. The average molecular weight is 323 g/mol. The van der Waals surface area contributed by atoms with E-state index in [0.29, 0.717) is 12.8 Å². The van der Waals surface area contributed by atoms with Crippen LogP contribution in [0.3, 0.4) is 0 Å². The van der Waals surface area contributed by atoms with Gasteiger partial charge in [0, 0.05) is 18.0 Å². The van der Waals surface area contributed by atoms with Crippen LogP contribution in [0.15, 0.2) is 30.3 Å². The molecule has 1 saturated carbocycles. The SMILES string of the molecule is CCOC(=O)[C@H]1[C@@H]2CC[C@H]([C@@H](F)[C@H]2F)N1[C@@H](C)c1ccccc1. The number of alkyl halides is 2. The summed E-state index contributed by atoms with van der Waals surface area (Å²) in [5.41, 5.74) is 0.997. The third-order valence-corrected chi connectivity index (χ3v) is 5.24. The van der Waals surface area contributed by atoms with Crippen LogP contribution in [-0.4, -0.2) is 41.9 Å². The maximum atomic E-state index is 14.5. The van der Waals surface area contributed by atoms with E-state index in [1.165, 1.54) is 0 Å². The molecule has 23 heavy (non-hydrogen) atoms. The Balaban J connectivity index is 1.95. The Bertz CT molecular complexity index is 553. The molecule has 0 amide bonds. The summed E-state index contributed by atoms with van der Waals surface area (Å²) in [5, 5.41) is 0. The van der Waals surface area contributed by atoms with Crippen LogP contribution in [0.5, 0.6) is 0 Å². The average Bonchev–Trinajstić information content (AvgIpc) is 2.58. The minimum atomic E-state index is -1.58. The van der Waals surface area contributed by atoms with Gasteiger partial charge in [-0.3, -0.25) is 9.69 Å². The fourth-order valence-corrected chi connectivity index (χ4v) is 4.16. The quantitative estimate of drug-likeness (QED) is 0.795. The number of hydrogen-bond donors (Lipinski definition) is 0. The van der Waals surface area contributed by atoms with Crippen LogP contribution in [0.25, 0.3) is 0 Å². The number of piperidine rings is 2. The zero-order valence-corrected chi connectivity index (χ0v) is 13.5. The first kappa shape index (κ1) is 16.4. The van der Waals surface area contributed by atoms with Crippen molar-refractivity contribution in [1.82, 2.24) is 4.90 Å². The Hall–Kier alpha value is -1.49. The molecule has 2 heterocycles. The molecule has 1 aliphatic carbocycles. The van der Waals surface area contributed by atoms with Crippen LogP contribution in [-0.2, 0) is 9.53 Å². The lowest BCUT2D eigenvalue weighted by atomic mass is 9.71. The van der Waals surface area contributed by atoms with E-state index in [2.05, 4.69) is 0 Å². The summed E-state index contributed by atoms with van der Waals surface area (Å²) in [6.07, 6.45) is -2.00. The number of carbonyl (C=O) groups is 1. The second kappa shape index (κ2) is 6.56. The molecule has 2 bridgehead atoms. The molecule has 3 fully saturated rings. The van der Waals surface area contributed by atoms with E-state index in [9.17, 15) is 13.6 Å². The fourth-order valence-electron chi connectivity index (χ4n) is 4.16. The number of ether oxygens (including phenoxy) is 1. The van der Waals surface area contributed by atoms with E-state index < -0.39 is 36.3 Å². The second-order valence-corrected chi connectivity index (χ2v) is 6.43. The van der Waals surface area contributed by atoms with Crippen molar-refractivity contribution < 1.29 is 18.3 Å². The highest BCUT2D eigenvalue weighted by Gasteiger charge is 2.57. The van der Waals surface area contributed by atoms with Crippen LogP contribution >= 0.6 is 0 Å². The van der Waals surface area contributed by atoms with Gasteiger partial charge in [-0.25, -0.2) is 8.78 Å². The molecule has 2 aliphatic heterocycles. The van der Waals surface area contributed by atoms with Crippen molar-refractivity contribution >= 4 is 5.97 Å². The molecule has 4 rings (SSSR count).